The van der Waals surface area contributed by atoms with Crippen molar-refractivity contribution in [2.75, 3.05) is 13.7 Å². The number of amides is 1. The molecule has 1 heterocycles. The monoisotopic (exact) mass is 259 g/mol. The Morgan fingerprint density at radius 3 is 2.72 bits per heavy atom. The van der Waals surface area contributed by atoms with Gasteiger partial charge in [-0.2, -0.15) is 13.2 Å². The quantitative estimate of drug-likeness (QED) is 0.763. The highest BCUT2D eigenvalue weighted by Gasteiger charge is 2.47. The molecular weight excluding hydrogens is 247 g/mol. The van der Waals surface area contributed by atoms with Gasteiger partial charge in [0.1, 0.15) is 5.75 Å². The molecule has 1 aromatic carbocycles. The first kappa shape index (κ1) is 12.7. The van der Waals surface area contributed by atoms with Crippen molar-refractivity contribution in [1.29, 1.82) is 0 Å². The van der Waals surface area contributed by atoms with Crippen LogP contribution in [-0.2, 0) is 11.2 Å². The Morgan fingerprint density at radius 1 is 1.44 bits per heavy atom. The molecule has 0 fully saturated rings. The molecule has 0 saturated carbocycles. The first-order chi connectivity index (χ1) is 8.47. The maximum atomic E-state index is 13.0. The van der Waals surface area contributed by atoms with Crippen LogP contribution in [0.2, 0.25) is 0 Å². The lowest BCUT2D eigenvalue weighted by molar-refractivity contribution is -0.189. The molecule has 0 saturated heterocycles. The predicted molar refractivity (Wildman–Crippen MR) is 58.3 cm³/mol. The Morgan fingerprint density at radius 2 is 2.17 bits per heavy atom. The number of hydrogen-bond donors (Lipinski definition) is 0. The summed E-state index contributed by atoms with van der Waals surface area (Å²) in [6.07, 6.45) is -3.81. The number of methoxy groups -OCH3 is 1. The summed E-state index contributed by atoms with van der Waals surface area (Å²) in [6.45, 7) is 0.0633. The maximum absolute atomic E-state index is 13.0. The lowest BCUT2D eigenvalue weighted by Crippen LogP contribution is -2.42. The van der Waals surface area contributed by atoms with Crippen molar-refractivity contribution in [3.63, 3.8) is 0 Å². The van der Waals surface area contributed by atoms with Crippen molar-refractivity contribution in [2.24, 2.45) is 0 Å². The van der Waals surface area contributed by atoms with Crippen molar-refractivity contribution < 1.29 is 22.7 Å². The van der Waals surface area contributed by atoms with E-state index in [1.807, 2.05) is 0 Å². The van der Waals surface area contributed by atoms with Gasteiger partial charge >= 0.3 is 6.18 Å². The molecule has 1 unspecified atom stereocenters. The van der Waals surface area contributed by atoms with Gasteiger partial charge in [-0.15, -0.1) is 0 Å². The van der Waals surface area contributed by atoms with E-state index in [1.54, 1.807) is 6.07 Å². The third-order valence-corrected chi connectivity index (χ3v) is 3.06. The Balaban J connectivity index is 2.48. The number of hydrogen-bond acceptors (Lipinski definition) is 2. The largest absolute Gasteiger partial charge is 0.497 e. The molecule has 0 aromatic heterocycles. The molecule has 1 aromatic rings. The zero-order valence-electron chi connectivity index (χ0n) is 9.70. The Bertz CT molecular complexity index is 459. The number of alkyl halides is 3. The molecule has 0 aliphatic carbocycles. The lowest BCUT2D eigenvalue weighted by Gasteiger charge is -2.35. The summed E-state index contributed by atoms with van der Waals surface area (Å²) in [7, 11) is 1.46. The summed E-state index contributed by atoms with van der Waals surface area (Å²) in [5, 5.41) is 0. The van der Waals surface area contributed by atoms with Gasteiger partial charge < -0.3 is 9.64 Å². The molecule has 1 aliphatic heterocycles. The molecule has 0 spiro atoms. The van der Waals surface area contributed by atoms with E-state index in [0.29, 0.717) is 17.7 Å². The number of fused-ring (bicyclic) bond motifs is 1. The highest BCUT2D eigenvalue weighted by molar-refractivity contribution is 5.52. The molecule has 18 heavy (non-hydrogen) atoms. The van der Waals surface area contributed by atoms with E-state index in [1.165, 1.54) is 19.2 Å². The summed E-state index contributed by atoms with van der Waals surface area (Å²) in [4.78, 5) is 11.5. The van der Waals surface area contributed by atoms with E-state index >= 15 is 0 Å². The van der Waals surface area contributed by atoms with Crippen LogP contribution in [0, 0.1) is 0 Å². The van der Waals surface area contributed by atoms with Gasteiger partial charge in [-0.1, -0.05) is 6.07 Å². The number of halogens is 3. The van der Waals surface area contributed by atoms with Crippen LogP contribution in [0.4, 0.5) is 13.2 Å². The van der Waals surface area contributed by atoms with E-state index in [-0.39, 0.29) is 18.5 Å². The summed E-state index contributed by atoms with van der Waals surface area (Å²) in [6, 6.07) is 2.59. The van der Waals surface area contributed by atoms with Crippen molar-refractivity contribution in [1.82, 2.24) is 4.90 Å². The third kappa shape index (κ3) is 2.14. The summed E-state index contributed by atoms with van der Waals surface area (Å²) >= 11 is 0. The molecule has 2 rings (SSSR count). The minimum absolute atomic E-state index is 0.0633. The van der Waals surface area contributed by atoms with Crippen LogP contribution in [0.1, 0.15) is 17.2 Å². The number of carbonyl (C=O) groups excluding carboxylic acids is 1. The summed E-state index contributed by atoms with van der Waals surface area (Å²) in [5.41, 5.74) is 0.705. The van der Waals surface area contributed by atoms with Gasteiger partial charge in [-0.25, -0.2) is 0 Å². The van der Waals surface area contributed by atoms with E-state index in [2.05, 4.69) is 0 Å². The standard InChI is InChI=1S/C12H12F3NO2/c1-18-9-2-3-10-8(6-9)4-5-16(7-17)11(10)12(13,14)15/h2-3,6-7,11H,4-5H2,1H3. The van der Waals surface area contributed by atoms with Crippen molar-refractivity contribution in [3.05, 3.63) is 29.3 Å². The first-order valence-electron chi connectivity index (χ1n) is 5.42. The summed E-state index contributed by atoms with van der Waals surface area (Å²) in [5.74, 6) is 0.522. The fourth-order valence-electron chi connectivity index (χ4n) is 2.23. The smallest absolute Gasteiger partial charge is 0.413 e. The van der Waals surface area contributed by atoms with Gasteiger partial charge in [0.05, 0.1) is 7.11 Å². The zero-order chi connectivity index (χ0) is 13.3. The van der Waals surface area contributed by atoms with Crippen LogP contribution in [-0.4, -0.2) is 31.1 Å². The van der Waals surface area contributed by atoms with Crippen molar-refractivity contribution >= 4 is 6.41 Å². The molecular formula is C12H12F3NO2. The van der Waals surface area contributed by atoms with E-state index in [4.69, 9.17) is 4.74 Å². The van der Waals surface area contributed by atoms with E-state index in [0.717, 1.165) is 4.90 Å². The van der Waals surface area contributed by atoms with E-state index in [9.17, 15) is 18.0 Å². The van der Waals surface area contributed by atoms with Gasteiger partial charge in [0.2, 0.25) is 6.41 Å². The average Bonchev–Trinajstić information content (AvgIpc) is 2.35. The Kier molecular flexibility index (Phi) is 3.19. The summed E-state index contributed by atoms with van der Waals surface area (Å²) < 4.78 is 44.0. The fraction of sp³-hybridized carbons (Fsp3) is 0.417. The number of benzene rings is 1. The van der Waals surface area contributed by atoms with Crippen LogP contribution in [0.5, 0.6) is 5.75 Å². The highest BCUT2D eigenvalue weighted by atomic mass is 19.4. The number of ether oxygens (including phenoxy) is 1. The molecule has 0 N–H and O–H groups in total. The molecule has 1 amide bonds. The molecule has 0 radical (unpaired) electrons. The Hall–Kier alpha value is -1.72. The van der Waals surface area contributed by atoms with Gasteiger partial charge in [0.15, 0.2) is 6.04 Å². The first-order valence-corrected chi connectivity index (χ1v) is 5.42. The number of rotatable bonds is 2. The van der Waals surface area contributed by atoms with Crippen LogP contribution < -0.4 is 4.74 Å². The molecule has 3 nitrogen and oxygen atoms in total. The van der Waals surface area contributed by atoms with Crippen LogP contribution >= 0.6 is 0 Å². The van der Waals surface area contributed by atoms with Gasteiger partial charge in [0, 0.05) is 6.54 Å². The van der Waals surface area contributed by atoms with Crippen LogP contribution in [0.3, 0.4) is 0 Å². The number of nitrogens with zero attached hydrogens (tertiary/aromatic N) is 1. The van der Waals surface area contributed by atoms with Gasteiger partial charge in [-0.05, 0) is 29.7 Å². The topological polar surface area (TPSA) is 29.5 Å². The van der Waals surface area contributed by atoms with E-state index < -0.39 is 12.2 Å². The lowest BCUT2D eigenvalue weighted by atomic mass is 9.92. The molecule has 0 bridgehead atoms. The second-order valence-electron chi connectivity index (χ2n) is 4.10. The molecule has 6 heteroatoms. The molecule has 1 atom stereocenters. The van der Waals surface area contributed by atoms with Crippen molar-refractivity contribution in [3.8, 4) is 5.75 Å². The number of carbonyl (C=O) groups is 1. The minimum atomic E-state index is -4.47. The fourth-order valence-corrected chi connectivity index (χ4v) is 2.23. The second kappa shape index (κ2) is 4.51. The van der Waals surface area contributed by atoms with Crippen LogP contribution in [0.25, 0.3) is 0 Å². The van der Waals surface area contributed by atoms with Gasteiger partial charge in [0.25, 0.3) is 0 Å². The zero-order valence-corrected chi connectivity index (χ0v) is 9.70. The SMILES string of the molecule is COc1ccc2c(c1)CCN(C=O)C2C(F)(F)F. The average molecular weight is 259 g/mol. The third-order valence-electron chi connectivity index (χ3n) is 3.06. The normalized spacial score (nSPS) is 19.3. The molecule has 1 aliphatic rings. The second-order valence-corrected chi connectivity index (χ2v) is 4.10. The maximum Gasteiger partial charge on any atom is 0.413 e. The van der Waals surface area contributed by atoms with Crippen molar-refractivity contribution in [2.45, 2.75) is 18.6 Å². The highest BCUT2D eigenvalue weighted by Crippen LogP contribution is 2.41. The predicted octanol–water partition coefficient (Wildman–Crippen LogP) is 2.31. The van der Waals surface area contributed by atoms with Crippen LogP contribution in [0.15, 0.2) is 18.2 Å². The molecule has 98 valence electrons. The minimum Gasteiger partial charge on any atom is -0.497 e. The Labute approximate surface area is 102 Å². The van der Waals surface area contributed by atoms with Gasteiger partial charge in [-0.3, -0.25) is 4.79 Å².